The Balaban J connectivity index is 1.67. The Bertz CT molecular complexity index is 1090. The van der Waals surface area contributed by atoms with E-state index in [1.807, 2.05) is 24.3 Å². The molecule has 0 unspecified atom stereocenters. The Kier molecular flexibility index (Phi) is 5.97. The van der Waals surface area contributed by atoms with E-state index in [9.17, 15) is 0 Å². The lowest BCUT2D eigenvalue weighted by molar-refractivity contribution is 1.04. The first-order valence-electron chi connectivity index (χ1n) is 9.98. The monoisotopic (exact) mass is 397 g/mol. The van der Waals surface area contributed by atoms with Gasteiger partial charge < -0.3 is 5.73 Å². The fourth-order valence-corrected chi connectivity index (χ4v) is 3.84. The molecule has 0 heterocycles. The van der Waals surface area contributed by atoms with Gasteiger partial charge in [0.15, 0.2) is 0 Å². The molecular formula is C27H24ClN. The fraction of sp³-hybridized carbons (Fsp3) is 0.111. The zero-order valence-electron chi connectivity index (χ0n) is 16.3. The first-order valence-corrected chi connectivity index (χ1v) is 10.4. The molecule has 0 spiro atoms. The van der Waals surface area contributed by atoms with Crippen molar-refractivity contribution in [3.63, 3.8) is 0 Å². The molecule has 0 saturated heterocycles. The Hall–Kier alpha value is -3.03. The van der Waals surface area contributed by atoms with Crippen molar-refractivity contribution in [3.05, 3.63) is 119 Å². The summed E-state index contributed by atoms with van der Waals surface area (Å²) in [6, 6.07) is 25.0. The summed E-state index contributed by atoms with van der Waals surface area (Å²) in [4.78, 5) is 0. The molecule has 1 aliphatic carbocycles. The summed E-state index contributed by atoms with van der Waals surface area (Å²) < 4.78 is 0. The minimum atomic E-state index is 0.698. The molecule has 144 valence electrons. The van der Waals surface area contributed by atoms with Gasteiger partial charge in [0.1, 0.15) is 0 Å². The lowest BCUT2D eigenvalue weighted by Crippen LogP contribution is -1.98. The van der Waals surface area contributed by atoms with Crippen molar-refractivity contribution in [3.8, 4) is 11.1 Å². The number of allylic oxidation sites excluding steroid dienone is 5. The molecule has 1 aliphatic rings. The van der Waals surface area contributed by atoms with Gasteiger partial charge in [0.2, 0.25) is 0 Å². The second-order valence-corrected chi connectivity index (χ2v) is 7.70. The van der Waals surface area contributed by atoms with Crippen LogP contribution in [0.1, 0.15) is 29.5 Å². The summed E-state index contributed by atoms with van der Waals surface area (Å²) in [7, 11) is 0. The average Bonchev–Trinajstić information content (AvgIpc) is 2.78. The topological polar surface area (TPSA) is 26.0 Å². The standard InChI is InChI=1S/C27H24ClN/c28-24-13-7-12-23(19-24)27(29)17-15-20-14-16-25(21-8-3-1-4-9-21)26(18-20)22-10-5-2-6-11-22/h2-3,5-14,16-19H,1,4,15,29H2/b27-17-. The van der Waals surface area contributed by atoms with Gasteiger partial charge in [0, 0.05) is 10.7 Å². The molecule has 0 aromatic heterocycles. The van der Waals surface area contributed by atoms with Gasteiger partial charge in [-0.15, -0.1) is 0 Å². The summed E-state index contributed by atoms with van der Waals surface area (Å²) in [6.07, 6.45) is 11.9. The quantitative estimate of drug-likeness (QED) is 0.480. The van der Waals surface area contributed by atoms with Crippen LogP contribution in [0.25, 0.3) is 22.4 Å². The molecule has 4 rings (SSSR count). The van der Waals surface area contributed by atoms with Gasteiger partial charge in [-0.2, -0.15) is 0 Å². The van der Waals surface area contributed by atoms with Crippen molar-refractivity contribution in [2.75, 3.05) is 0 Å². The third-order valence-electron chi connectivity index (χ3n) is 5.19. The Morgan fingerprint density at radius 2 is 1.76 bits per heavy atom. The third-order valence-corrected chi connectivity index (χ3v) is 5.43. The number of nitrogens with two attached hydrogens (primary N) is 1. The van der Waals surface area contributed by atoms with E-state index in [2.05, 4.69) is 72.8 Å². The van der Waals surface area contributed by atoms with Crippen molar-refractivity contribution >= 4 is 22.9 Å². The van der Waals surface area contributed by atoms with Crippen LogP contribution in [0, 0.1) is 0 Å². The van der Waals surface area contributed by atoms with E-state index in [0.29, 0.717) is 5.02 Å². The van der Waals surface area contributed by atoms with E-state index in [1.54, 1.807) is 0 Å². The molecule has 29 heavy (non-hydrogen) atoms. The molecule has 3 aromatic rings. The maximum atomic E-state index is 6.29. The van der Waals surface area contributed by atoms with Gasteiger partial charge >= 0.3 is 0 Å². The predicted molar refractivity (Wildman–Crippen MR) is 126 cm³/mol. The van der Waals surface area contributed by atoms with Gasteiger partial charge in [-0.05, 0) is 64.8 Å². The molecule has 1 nitrogen and oxygen atoms in total. The van der Waals surface area contributed by atoms with Crippen LogP contribution in [0.2, 0.25) is 5.02 Å². The average molecular weight is 398 g/mol. The molecule has 3 aromatic carbocycles. The van der Waals surface area contributed by atoms with E-state index < -0.39 is 0 Å². The largest absolute Gasteiger partial charge is 0.398 e. The maximum absolute atomic E-state index is 6.29. The SMILES string of the molecule is N/C(=C\Cc1ccc(C2=CCCC=C2)c(-c2ccccc2)c1)c1cccc(Cl)c1. The maximum Gasteiger partial charge on any atom is 0.0412 e. The van der Waals surface area contributed by atoms with Crippen molar-refractivity contribution in [2.24, 2.45) is 5.73 Å². The van der Waals surface area contributed by atoms with Crippen molar-refractivity contribution in [1.29, 1.82) is 0 Å². The molecule has 0 aliphatic heterocycles. The minimum absolute atomic E-state index is 0.698. The predicted octanol–water partition coefficient (Wildman–Crippen LogP) is 7.28. The molecule has 0 saturated carbocycles. The van der Waals surface area contributed by atoms with E-state index in [0.717, 1.165) is 30.5 Å². The molecule has 0 amide bonds. The summed E-state index contributed by atoms with van der Waals surface area (Å²) in [5.41, 5.74) is 14.3. The van der Waals surface area contributed by atoms with Crippen LogP contribution in [-0.4, -0.2) is 0 Å². The zero-order valence-corrected chi connectivity index (χ0v) is 17.1. The minimum Gasteiger partial charge on any atom is -0.398 e. The highest BCUT2D eigenvalue weighted by Crippen LogP contribution is 2.32. The number of hydrogen-bond acceptors (Lipinski definition) is 1. The van der Waals surface area contributed by atoms with Crippen LogP contribution in [0.5, 0.6) is 0 Å². The number of hydrogen-bond donors (Lipinski definition) is 1. The summed E-state index contributed by atoms with van der Waals surface area (Å²) in [5, 5.41) is 0.698. The van der Waals surface area contributed by atoms with Crippen LogP contribution in [0.15, 0.2) is 97.1 Å². The van der Waals surface area contributed by atoms with Gasteiger partial charge in [-0.1, -0.05) is 96.6 Å². The normalized spacial score (nSPS) is 14.0. The van der Waals surface area contributed by atoms with Crippen LogP contribution in [-0.2, 0) is 6.42 Å². The van der Waals surface area contributed by atoms with E-state index in [1.165, 1.54) is 27.8 Å². The van der Waals surface area contributed by atoms with E-state index in [4.69, 9.17) is 17.3 Å². The molecule has 0 bridgehead atoms. The highest BCUT2D eigenvalue weighted by molar-refractivity contribution is 6.30. The molecule has 0 fully saturated rings. The lowest BCUT2D eigenvalue weighted by Gasteiger charge is -2.15. The Morgan fingerprint density at radius 3 is 2.52 bits per heavy atom. The third kappa shape index (κ3) is 4.70. The highest BCUT2D eigenvalue weighted by Gasteiger charge is 2.10. The first kappa shape index (κ1) is 19.3. The van der Waals surface area contributed by atoms with Crippen molar-refractivity contribution in [1.82, 2.24) is 0 Å². The van der Waals surface area contributed by atoms with Crippen LogP contribution < -0.4 is 5.73 Å². The van der Waals surface area contributed by atoms with Gasteiger partial charge in [0.05, 0.1) is 0 Å². The van der Waals surface area contributed by atoms with E-state index >= 15 is 0 Å². The smallest absolute Gasteiger partial charge is 0.0412 e. The number of halogens is 1. The van der Waals surface area contributed by atoms with Crippen LogP contribution in [0.3, 0.4) is 0 Å². The highest BCUT2D eigenvalue weighted by atomic mass is 35.5. The van der Waals surface area contributed by atoms with Crippen LogP contribution in [0.4, 0.5) is 0 Å². The van der Waals surface area contributed by atoms with Gasteiger partial charge in [0.25, 0.3) is 0 Å². The molecule has 2 N–H and O–H groups in total. The second-order valence-electron chi connectivity index (χ2n) is 7.26. The number of benzene rings is 3. The molecule has 2 heteroatoms. The molecule has 0 atom stereocenters. The van der Waals surface area contributed by atoms with Gasteiger partial charge in [-0.3, -0.25) is 0 Å². The van der Waals surface area contributed by atoms with E-state index in [-0.39, 0.29) is 0 Å². The van der Waals surface area contributed by atoms with Gasteiger partial charge in [-0.25, -0.2) is 0 Å². The fourth-order valence-electron chi connectivity index (χ4n) is 3.65. The Morgan fingerprint density at radius 1 is 0.897 bits per heavy atom. The first-order chi connectivity index (χ1) is 14.2. The van der Waals surface area contributed by atoms with Crippen molar-refractivity contribution < 1.29 is 0 Å². The number of rotatable bonds is 5. The lowest BCUT2D eigenvalue weighted by atomic mass is 9.90. The zero-order chi connectivity index (χ0) is 20.1. The van der Waals surface area contributed by atoms with Crippen molar-refractivity contribution in [2.45, 2.75) is 19.3 Å². The summed E-state index contributed by atoms with van der Waals surface area (Å²) in [6.45, 7) is 0. The molecular weight excluding hydrogens is 374 g/mol. The summed E-state index contributed by atoms with van der Waals surface area (Å²) >= 11 is 6.09. The van der Waals surface area contributed by atoms with Crippen LogP contribution >= 0.6 is 11.6 Å². The Labute approximate surface area is 177 Å². The summed E-state index contributed by atoms with van der Waals surface area (Å²) in [5.74, 6) is 0. The molecule has 0 radical (unpaired) electrons. The second kappa shape index (κ2) is 8.98.